The molecule has 0 unspecified atom stereocenters. The van der Waals surface area contributed by atoms with Gasteiger partial charge in [-0.15, -0.1) is 0 Å². The Balaban J connectivity index is 2.04. The molecule has 0 aromatic carbocycles. The number of nitrogens with one attached hydrogen (secondary N) is 1. The summed E-state index contributed by atoms with van der Waals surface area (Å²) in [5.74, 6) is 0.842. The van der Waals surface area contributed by atoms with Gasteiger partial charge in [0.25, 0.3) is 5.91 Å². The van der Waals surface area contributed by atoms with E-state index in [1.807, 2.05) is 29.8 Å². The van der Waals surface area contributed by atoms with E-state index in [9.17, 15) is 4.79 Å². The van der Waals surface area contributed by atoms with Crippen molar-refractivity contribution in [3.8, 4) is 0 Å². The molecular formula is C13H20N6OS. The quantitative estimate of drug-likeness (QED) is 0.838. The predicted molar refractivity (Wildman–Crippen MR) is 84.5 cm³/mol. The summed E-state index contributed by atoms with van der Waals surface area (Å²) in [5.41, 5.74) is 5.85. The SMILES string of the molecule is CCCN(C)c1nc(N)c(C(=O)NCc2nccn2C)s1. The molecule has 21 heavy (non-hydrogen) atoms. The van der Waals surface area contributed by atoms with Crippen LogP contribution in [-0.2, 0) is 13.6 Å². The molecule has 0 saturated heterocycles. The van der Waals surface area contributed by atoms with E-state index in [-0.39, 0.29) is 11.7 Å². The number of nitrogens with zero attached hydrogens (tertiary/aromatic N) is 4. The largest absolute Gasteiger partial charge is 0.382 e. The lowest BCUT2D eigenvalue weighted by molar-refractivity contribution is 0.0954. The lowest BCUT2D eigenvalue weighted by Gasteiger charge is -2.13. The van der Waals surface area contributed by atoms with Crippen LogP contribution in [0.1, 0.15) is 28.8 Å². The van der Waals surface area contributed by atoms with E-state index in [0.29, 0.717) is 11.4 Å². The number of nitrogen functional groups attached to an aromatic ring is 1. The number of imidazole rings is 1. The van der Waals surface area contributed by atoms with E-state index in [1.54, 1.807) is 6.20 Å². The van der Waals surface area contributed by atoms with Crippen LogP contribution in [0.15, 0.2) is 12.4 Å². The van der Waals surface area contributed by atoms with Gasteiger partial charge in [-0.25, -0.2) is 9.97 Å². The summed E-state index contributed by atoms with van der Waals surface area (Å²) < 4.78 is 1.86. The van der Waals surface area contributed by atoms with Crippen molar-refractivity contribution in [3.05, 3.63) is 23.1 Å². The average molecular weight is 308 g/mol. The van der Waals surface area contributed by atoms with E-state index in [0.717, 1.165) is 23.9 Å². The lowest BCUT2D eigenvalue weighted by Crippen LogP contribution is -2.24. The van der Waals surface area contributed by atoms with Crippen molar-refractivity contribution in [2.75, 3.05) is 24.2 Å². The van der Waals surface area contributed by atoms with Crippen molar-refractivity contribution >= 4 is 28.2 Å². The van der Waals surface area contributed by atoms with E-state index in [1.165, 1.54) is 11.3 Å². The Bertz CT molecular complexity index is 620. The Kier molecular flexibility index (Phi) is 4.79. The third-order valence-electron chi connectivity index (χ3n) is 3.06. The van der Waals surface area contributed by atoms with Crippen LogP contribution in [0.3, 0.4) is 0 Å². The second-order valence-corrected chi connectivity index (χ2v) is 5.75. The first-order valence-corrected chi connectivity index (χ1v) is 7.56. The number of nitrogens with two attached hydrogens (primary N) is 1. The summed E-state index contributed by atoms with van der Waals surface area (Å²) in [6.45, 7) is 3.33. The topological polar surface area (TPSA) is 89.1 Å². The van der Waals surface area contributed by atoms with Gasteiger partial charge in [0.15, 0.2) is 5.13 Å². The molecule has 0 spiro atoms. The number of hydrogen-bond acceptors (Lipinski definition) is 6. The van der Waals surface area contributed by atoms with Gasteiger partial charge in [-0.1, -0.05) is 18.3 Å². The average Bonchev–Trinajstić information content (AvgIpc) is 3.02. The van der Waals surface area contributed by atoms with Gasteiger partial charge >= 0.3 is 0 Å². The number of carbonyl (C=O) groups is 1. The Morgan fingerprint density at radius 1 is 1.57 bits per heavy atom. The molecule has 2 rings (SSSR count). The second-order valence-electron chi connectivity index (χ2n) is 4.77. The normalized spacial score (nSPS) is 10.6. The second kappa shape index (κ2) is 6.57. The van der Waals surface area contributed by atoms with Crippen molar-refractivity contribution in [2.45, 2.75) is 19.9 Å². The molecule has 3 N–H and O–H groups in total. The summed E-state index contributed by atoms with van der Waals surface area (Å²) in [6, 6.07) is 0. The van der Waals surface area contributed by atoms with E-state index >= 15 is 0 Å². The predicted octanol–water partition coefficient (Wildman–Crippen LogP) is 1.23. The lowest BCUT2D eigenvalue weighted by atomic mass is 10.4. The van der Waals surface area contributed by atoms with Crippen LogP contribution in [0.2, 0.25) is 0 Å². The highest BCUT2D eigenvalue weighted by molar-refractivity contribution is 7.18. The van der Waals surface area contributed by atoms with Gasteiger partial charge in [0.2, 0.25) is 0 Å². The van der Waals surface area contributed by atoms with Gasteiger partial charge in [0.1, 0.15) is 16.5 Å². The van der Waals surface area contributed by atoms with Crippen LogP contribution in [0.5, 0.6) is 0 Å². The molecule has 0 atom stereocenters. The van der Waals surface area contributed by atoms with Crippen LogP contribution < -0.4 is 16.0 Å². The number of carbonyl (C=O) groups excluding carboxylic acids is 1. The van der Waals surface area contributed by atoms with Gasteiger partial charge in [0, 0.05) is 33.0 Å². The maximum absolute atomic E-state index is 12.2. The number of aryl methyl sites for hydroxylation is 1. The Hall–Kier alpha value is -2.09. The van der Waals surface area contributed by atoms with Gasteiger partial charge in [-0.3, -0.25) is 4.79 Å². The molecule has 7 nitrogen and oxygen atoms in total. The summed E-state index contributed by atoms with van der Waals surface area (Å²) in [5, 5.41) is 3.58. The highest BCUT2D eigenvalue weighted by Gasteiger charge is 2.18. The fourth-order valence-electron chi connectivity index (χ4n) is 1.88. The zero-order chi connectivity index (χ0) is 15.4. The first-order chi connectivity index (χ1) is 10.0. The smallest absolute Gasteiger partial charge is 0.265 e. The summed E-state index contributed by atoms with van der Waals surface area (Å²) in [6.07, 6.45) is 4.54. The zero-order valence-corrected chi connectivity index (χ0v) is 13.3. The highest BCUT2D eigenvalue weighted by Crippen LogP contribution is 2.27. The fourth-order valence-corrected chi connectivity index (χ4v) is 2.77. The molecule has 1 amide bonds. The van der Waals surface area contributed by atoms with Gasteiger partial charge in [-0.2, -0.15) is 0 Å². The maximum Gasteiger partial charge on any atom is 0.265 e. The summed E-state index contributed by atoms with van der Waals surface area (Å²) in [4.78, 5) is 23.0. The molecule has 0 radical (unpaired) electrons. The molecule has 8 heteroatoms. The molecule has 2 aromatic rings. The third-order valence-corrected chi connectivity index (χ3v) is 4.25. The molecular weight excluding hydrogens is 288 g/mol. The van der Waals surface area contributed by atoms with Crippen LogP contribution in [-0.4, -0.2) is 34.0 Å². The van der Waals surface area contributed by atoms with Crippen molar-refractivity contribution in [1.82, 2.24) is 19.9 Å². The van der Waals surface area contributed by atoms with Crippen LogP contribution in [0, 0.1) is 0 Å². The van der Waals surface area contributed by atoms with Crippen LogP contribution in [0.4, 0.5) is 10.9 Å². The minimum Gasteiger partial charge on any atom is -0.382 e. The van der Waals surface area contributed by atoms with Crippen molar-refractivity contribution in [2.24, 2.45) is 7.05 Å². The molecule has 0 fully saturated rings. The van der Waals surface area contributed by atoms with Crippen molar-refractivity contribution < 1.29 is 4.79 Å². The number of thiazole rings is 1. The van der Waals surface area contributed by atoms with Gasteiger partial charge in [-0.05, 0) is 6.42 Å². The highest BCUT2D eigenvalue weighted by atomic mass is 32.1. The Morgan fingerprint density at radius 3 is 2.95 bits per heavy atom. The Labute approximate surface area is 127 Å². The molecule has 0 aliphatic rings. The molecule has 0 aliphatic heterocycles. The monoisotopic (exact) mass is 308 g/mol. The van der Waals surface area contributed by atoms with Gasteiger partial charge in [0.05, 0.1) is 6.54 Å². The minimum atomic E-state index is -0.218. The van der Waals surface area contributed by atoms with E-state index < -0.39 is 0 Å². The minimum absolute atomic E-state index is 0.218. The zero-order valence-electron chi connectivity index (χ0n) is 12.5. The van der Waals surface area contributed by atoms with E-state index in [4.69, 9.17) is 5.73 Å². The molecule has 2 aromatic heterocycles. The van der Waals surface area contributed by atoms with Crippen molar-refractivity contribution in [1.29, 1.82) is 0 Å². The number of amides is 1. The molecule has 114 valence electrons. The molecule has 0 aliphatic carbocycles. The third kappa shape index (κ3) is 3.52. The first kappa shape index (κ1) is 15.3. The molecule has 0 saturated carbocycles. The molecule has 2 heterocycles. The fraction of sp³-hybridized carbons (Fsp3) is 0.462. The maximum atomic E-state index is 12.2. The summed E-state index contributed by atoms with van der Waals surface area (Å²) in [7, 11) is 3.82. The first-order valence-electron chi connectivity index (χ1n) is 6.74. The number of aromatic nitrogens is 3. The number of rotatable bonds is 6. The van der Waals surface area contributed by atoms with Gasteiger partial charge < -0.3 is 20.5 Å². The van der Waals surface area contributed by atoms with Crippen LogP contribution in [0.25, 0.3) is 0 Å². The van der Waals surface area contributed by atoms with Crippen molar-refractivity contribution in [3.63, 3.8) is 0 Å². The van der Waals surface area contributed by atoms with E-state index in [2.05, 4.69) is 22.2 Å². The standard InChI is InChI=1S/C13H20N6OS/c1-4-6-19(3)13-17-11(14)10(21-13)12(20)16-8-9-15-5-7-18(9)2/h5,7H,4,6,8,14H2,1-3H3,(H,16,20). The Morgan fingerprint density at radius 2 is 2.33 bits per heavy atom. The van der Waals surface area contributed by atoms with Crippen LogP contribution >= 0.6 is 11.3 Å². The number of anilines is 2. The molecule has 0 bridgehead atoms. The number of hydrogen-bond donors (Lipinski definition) is 2. The summed E-state index contributed by atoms with van der Waals surface area (Å²) >= 11 is 1.31.